The van der Waals surface area contributed by atoms with Crippen molar-refractivity contribution in [3.8, 4) is 17.0 Å². The predicted molar refractivity (Wildman–Crippen MR) is 96.6 cm³/mol. The maximum absolute atomic E-state index is 13.7. The van der Waals surface area contributed by atoms with Crippen LogP contribution in [-0.4, -0.2) is 45.6 Å². The maximum Gasteiger partial charge on any atom is 0.231 e. The van der Waals surface area contributed by atoms with Gasteiger partial charge in [-0.25, -0.2) is 9.50 Å². The lowest BCUT2D eigenvalue weighted by Gasteiger charge is -2.18. The van der Waals surface area contributed by atoms with Gasteiger partial charge in [-0.1, -0.05) is 0 Å². The van der Waals surface area contributed by atoms with Crippen LogP contribution in [0.2, 0.25) is 0 Å². The fraction of sp³-hybridized carbons (Fsp3) is 0.316. The highest BCUT2D eigenvalue weighted by Crippen LogP contribution is 2.26. The van der Waals surface area contributed by atoms with Crippen molar-refractivity contribution in [2.45, 2.75) is 20.3 Å². The second-order valence-corrected chi connectivity index (χ2v) is 5.80. The Morgan fingerprint density at radius 3 is 2.46 bits per heavy atom. The number of imidazole rings is 1. The molecular formula is C19H21FN4O2. The van der Waals surface area contributed by atoms with Crippen molar-refractivity contribution in [3.05, 3.63) is 48.0 Å². The number of carbonyl (C=O) groups excluding carboxylic acids is 1. The third-order valence-corrected chi connectivity index (χ3v) is 4.34. The molecular weight excluding hydrogens is 335 g/mol. The van der Waals surface area contributed by atoms with Crippen LogP contribution in [-0.2, 0) is 11.2 Å². The van der Waals surface area contributed by atoms with E-state index < -0.39 is 5.95 Å². The van der Waals surface area contributed by atoms with Gasteiger partial charge in [0.1, 0.15) is 5.75 Å². The number of halogens is 1. The summed E-state index contributed by atoms with van der Waals surface area (Å²) in [6.45, 7) is 5.09. The van der Waals surface area contributed by atoms with E-state index >= 15 is 0 Å². The van der Waals surface area contributed by atoms with Crippen molar-refractivity contribution in [1.29, 1.82) is 0 Å². The molecule has 0 spiro atoms. The van der Waals surface area contributed by atoms with E-state index in [0.29, 0.717) is 30.1 Å². The number of rotatable bonds is 6. The summed E-state index contributed by atoms with van der Waals surface area (Å²) >= 11 is 0. The lowest BCUT2D eigenvalue weighted by atomic mass is 10.1. The van der Waals surface area contributed by atoms with Crippen molar-refractivity contribution in [2.75, 3.05) is 20.2 Å². The van der Waals surface area contributed by atoms with Crippen LogP contribution in [0.15, 0.2) is 36.4 Å². The van der Waals surface area contributed by atoms with Crippen LogP contribution in [0.4, 0.5) is 4.39 Å². The predicted octanol–water partition coefficient (Wildman–Crippen LogP) is 2.95. The number of likely N-dealkylation sites (N-methyl/N-ethyl adjacent to an activating group) is 1. The number of amides is 1. The second kappa shape index (κ2) is 7.51. The van der Waals surface area contributed by atoms with Crippen LogP contribution < -0.4 is 4.74 Å². The molecule has 2 aromatic heterocycles. The Labute approximate surface area is 151 Å². The number of nitrogens with zero attached hydrogens (tertiary/aromatic N) is 4. The van der Waals surface area contributed by atoms with E-state index in [9.17, 15) is 9.18 Å². The molecule has 0 aliphatic heterocycles. The highest BCUT2D eigenvalue weighted by Gasteiger charge is 2.20. The summed E-state index contributed by atoms with van der Waals surface area (Å²) in [6, 6.07) is 10.2. The molecule has 1 aromatic carbocycles. The molecule has 3 rings (SSSR count). The van der Waals surface area contributed by atoms with E-state index in [-0.39, 0.29) is 12.3 Å². The fourth-order valence-electron chi connectivity index (χ4n) is 2.93. The van der Waals surface area contributed by atoms with Gasteiger partial charge in [-0.2, -0.15) is 4.39 Å². The first-order chi connectivity index (χ1) is 12.6. The third-order valence-electron chi connectivity index (χ3n) is 4.34. The van der Waals surface area contributed by atoms with Gasteiger partial charge >= 0.3 is 0 Å². The molecule has 0 radical (unpaired) electrons. The quantitative estimate of drug-likeness (QED) is 0.681. The molecule has 3 aromatic rings. The standard InChI is InChI=1S/C19H21FN4O2/c1-4-23(5-2)18(25)12-15-19(13-6-8-14(26-3)9-7-13)21-17-11-10-16(20)22-24(15)17/h6-11H,4-5,12H2,1-3H3. The largest absolute Gasteiger partial charge is 0.497 e. The van der Waals surface area contributed by atoms with Gasteiger partial charge in [0.15, 0.2) is 5.65 Å². The Kier molecular flexibility index (Phi) is 5.16. The highest BCUT2D eigenvalue weighted by atomic mass is 19.1. The molecule has 6 nitrogen and oxygen atoms in total. The molecule has 0 N–H and O–H groups in total. The van der Waals surface area contributed by atoms with E-state index in [2.05, 4.69) is 10.1 Å². The number of aromatic nitrogens is 3. The Balaban J connectivity index is 2.10. The van der Waals surface area contributed by atoms with E-state index in [1.54, 1.807) is 18.1 Å². The average molecular weight is 356 g/mol. The molecule has 0 atom stereocenters. The number of methoxy groups -OCH3 is 1. The topological polar surface area (TPSA) is 59.7 Å². The number of hydrogen-bond acceptors (Lipinski definition) is 4. The number of carbonyl (C=O) groups is 1. The van der Waals surface area contributed by atoms with Gasteiger partial charge in [0.2, 0.25) is 11.9 Å². The molecule has 1 amide bonds. The number of fused-ring (bicyclic) bond motifs is 1. The molecule has 0 unspecified atom stereocenters. The van der Waals surface area contributed by atoms with Gasteiger partial charge < -0.3 is 9.64 Å². The lowest BCUT2D eigenvalue weighted by molar-refractivity contribution is -0.130. The molecule has 0 aliphatic carbocycles. The number of benzene rings is 1. The van der Waals surface area contributed by atoms with Crippen LogP contribution in [0.3, 0.4) is 0 Å². The van der Waals surface area contributed by atoms with Gasteiger partial charge in [0.05, 0.1) is 24.9 Å². The zero-order chi connectivity index (χ0) is 18.7. The summed E-state index contributed by atoms with van der Waals surface area (Å²) in [4.78, 5) is 18.9. The first kappa shape index (κ1) is 17.8. The lowest BCUT2D eigenvalue weighted by Crippen LogP contribution is -2.32. The van der Waals surface area contributed by atoms with Gasteiger partial charge in [-0.15, -0.1) is 5.10 Å². The van der Waals surface area contributed by atoms with Crippen molar-refractivity contribution in [1.82, 2.24) is 19.5 Å². The molecule has 136 valence electrons. The molecule has 2 heterocycles. The summed E-state index contributed by atoms with van der Waals surface area (Å²) in [5, 5.41) is 3.91. The van der Waals surface area contributed by atoms with Crippen LogP contribution in [0.1, 0.15) is 19.5 Å². The van der Waals surface area contributed by atoms with Gasteiger partial charge in [0.25, 0.3) is 0 Å². The van der Waals surface area contributed by atoms with Crippen molar-refractivity contribution >= 4 is 11.6 Å². The van der Waals surface area contributed by atoms with Crippen LogP contribution in [0, 0.1) is 5.95 Å². The summed E-state index contributed by atoms with van der Waals surface area (Å²) < 4.78 is 20.3. The summed E-state index contributed by atoms with van der Waals surface area (Å²) in [5.41, 5.74) is 2.51. The third kappa shape index (κ3) is 3.37. The SMILES string of the molecule is CCN(CC)C(=O)Cc1c(-c2ccc(OC)cc2)nc2ccc(F)nn12. The molecule has 0 fully saturated rings. The maximum atomic E-state index is 13.7. The minimum atomic E-state index is -0.618. The molecule has 0 aliphatic rings. The minimum absolute atomic E-state index is 0.0439. The van der Waals surface area contributed by atoms with Crippen molar-refractivity contribution < 1.29 is 13.9 Å². The highest BCUT2D eigenvalue weighted by molar-refractivity contribution is 5.81. The fourth-order valence-corrected chi connectivity index (χ4v) is 2.93. The van der Waals surface area contributed by atoms with E-state index in [1.807, 2.05) is 38.1 Å². The van der Waals surface area contributed by atoms with E-state index in [4.69, 9.17) is 4.74 Å². The van der Waals surface area contributed by atoms with Crippen LogP contribution in [0.5, 0.6) is 5.75 Å². The molecule has 0 saturated heterocycles. The van der Waals surface area contributed by atoms with Gasteiger partial charge in [0, 0.05) is 18.7 Å². The summed E-state index contributed by atoms with van der Waals surface area (Å²) in [5.74, 6) is 0.0628. The Morgan fingerprint density at radius 2 is 1.85 bits per heavy atom. The first-order valence-electron chi connectivity index (χ1n) is 8.53. The van der Waals surface area contributed by atoms with Crippen LogP contribution >= 0.6 is 0 Å². The minimum Gasteiger partial charge on any atom is -0.497 e. The molecule has 7 heteroatoms. The number of hydrogen-bond donors (Lipinski definition) is 0. The Hall–Kier alpha value is -2.96. The van der Waals surface area contributed by atoms with Gasteiger partial charge in [-0.3, -0.25) is 4.79 Å². The molecule has 26 heavy (non-hydrogen) atoms. The second-order valence-electron chi connectivity index (χ2n) is 5.80. The zero-order valence-electron chi connectivity index (χ0n) is 15.1. The molecule has 0 saturated carbocycles. The Morgan fingerprint density at radius 1 is 1.15 bits per heavy atom. The summed E-state index contributed by atoms with van der Waals surface area (Å²) in [7, 11) is 1.60. The van der Waals surface area contributed by atoms with Gasteiger partial charge in [-0.05, 0) is 50.2 Å². The number of ether oxygens (including phenoxy) is 1. The smallest absolute Gasteiger partial charge is 0.231 e. The Bertz CT molecular complexity index is 917. The molecule has 0 bridgehead atoms. The zero-order valence-corrected chi connectivity index (χ0v) is 15.1. The normalized spacial score (nSPS) is 10.9. The summed E-state index contributed by atoms with van der Waals surface area (Å²) in [6.07, 6.45) is 0.0979. The van der Waals surface area contributed by atoms with E-state index in [1.165, 1.54) is 10.6 Å². The monoisotopic (exact) mass is 356 g/mol. The first-order valence-corrected chi connectivity index (χ1v) is 8.53. The van der Waals surface area contributed by atoms with E-state index in [0.717, 1.165) is 11.3 Å². The van der Waals surface area contributed by atoms with Crippen LogP contribution in [0.25, 0.3) is 16.9 Å². The van der Waals surface area contributed by atoms with Crippen molar-refractivity contribution in [2.24, 2.45) is 0 Å². The average Bonchev–Trinajstić information content (AvgIpc) is 3.00. The van der Waals surface area contributed by atoms with Crippen molar-refractivity contribution in [3.63, 3.8) is 0 Å².